The molecule has 1 aliphatic rings. The van der Waals surface area contributed by atoms with E-state index in [2.05, 4.69) is 49.1 Å². The number of thiophene rings is 1. The van der Waals surface area contributed by atoms with Crippen LogP contribution in [0.15, 0.2) is 127 Å². The first-order valence-corrected chi connectivity index (χ1v) is 12.9. The number of ketones is 1. The van der Waals surface area contributed by atoms with Crippen LogP contribution in [0.3, 0.4) is 0 Å². The van der Waals surface area contributed by atoms with E-state index in [4.69, 9.17) is 0 Å². The van der Waals surface area contributed by atoms with E-state index in [-0.39, 0.29) is 11.6 Å². The molecular weight excluding hydrogens is 475 g/mol. The number of carbonyl (C=O) groups excluding carboxylic acids is 1. The van der Waals surface area contributed by atoms with Crippen LogP contribution in [0.25, 0.3) is 27.7 Å². The molecule has 0 aliphatic heterocycles. The van der Waals surface area contributed by atoms with Gasteiger partial charge in [-0.2, -0.15) is 0 Å². The lowest BCUT2D eigenvalue weighted by atomic mass is 9.94. The van der Waals surface area contributed by atoms with Crippen LogP contribution in [0.5, 0.6) is 0 Å². The van der Waals surface area contributed by atoms with Crippen LogP contribution in [0, 0.1) is 5.82 Å². The average molecular weight is 501 g/mol. The number of benzene rings is 3. The Morgan fingerprint density at radius 2 is 1.51 bits per heavy atom. The highest BCUT2D eigenvalue weighted by atomic mass is 32.1. The molecule has 37 heavy (non-hydrogen) atoms. The maximum atomic E-state index is 13.5. The molecule has 0 N–H and O–H groups in total. The molecule has 0 saturated heterocycles. The largest absolute Gasteiger partial charge is 0.289 e. The molecule has 1 aliphatic carbocycles. The number of hydrogen-bond acceptors (Lipinski definition) is 2. The van der Waals surface area contributed by atoms with Crippen molar-refractivity contribution in [2.45, 2.75) is 6.92 Å². The summed E-state index contributed by atoms with van der Waals surface area (Å²) >= 11 is 1.69. The molecule has 0 radical (unpaired) electrons. The highest BCUT2D eigenvalue weighted by molar-refractivity contribution is 7.13. The molecule has 0 spiro atoms. The first kappa shape index (κ1) is 24.4. The van der Waals surface area contributed by atoms with E-state index in [1.54, 1.807) is 17.4 Å². The Balaban J connectivity index is 1.59. The van der Waals surface area contributed by atoms with Gasteiger partial charge in [-0.05, 0) is 64.3 Å². The Bertz CT molecular complexity index is 1680. The summed E-state index contributed by atoms with van der Waals surface area (Å²) in [5, 5.41) is 1.11. The molecule has 1 heterocycles. The molecule has 3 aromatic carbocycles. The number of allylic oxidation sites excluding steroid dienone is 7. The average Bonchev–Trinajstić information content (AvgIpc) is 3.32. The van der Waals surface area contributed by atoms with Crippen molar-refractivity contribution in [3.05, 3.63) is 160 Å². The van der Waals surface area contributed by atoms with E-state index in [9.17, 15) is 9.18 Å². The molecule has 1 aromatic heterocycles. The summed E-state index contributed by atoms with van der Waals surface area (Å²) in [6.45, 7) is 6.03. The number of halogens is 1. The van der Waals surface area contributed by atoms with Crippen molar-refractivity contribution in [1.82, 2.24) is 0 Å². The van der Waals surface area contributed by atoms with Crippen molar-refractivity contribution < 1.29 is 9.18 Å². The molecule has 180 valence electrons. The van der Waals surface area contributed by atoms with Crippen molar-refractivity contribution in [1.29, 1.82) is 0 Å². The quantitative estimate of drug-likeness (QED) is 0.198. The zero-order chi connectivity index (χ0) is 25.8. The zero-order valence-corrected chi connectivity index (χ0v) is 21.3. The van der Waals surface area contributed by atoms with Gasteiger partial charge in [0, 0.05) is 20.5 Å². The van der Waals surface area contributed by atoms with Crippen LogP contribution in [0.1, 0.15) is 28.4 Å². The van der Waals surface area contributed by atoms with Gasteiger partial charge in [-0.1, -0.05) is 104 Å². The molecular formula is C34H25FOS. The second-order valence-corrected chi connectivity index (χ2v) is 9.84. The second kappa shape index (κ2) is 10.7. The lowest BCUT2D eigenvalue weighted by Gasteiger charge is -2.11. The fraction of sp³-hybridized carbons (Fsp3) is 0.0294. The standard InChI is InChI=1S/C34H25FOS/c1-3-24-9-7-8-12-29-22-32(27-17-19-30(35)20-18-27)37-34(29)33(24)28-15-13-25(14-16-28)23(2)21-31(36)26-10-5-4-6-11-26/h3-22H,1H2,2H3. The molecule has 0 bridgehead atoms. The van der Waals surface area contributed by atoms with E-state index in [1.165, 1.54) is 12.1 Å². The van der Waals surface area contributed by atoms with Crippen molar-refractivity contribution in [2.75, 3.05) is 0 Å². The van der Waals surface area contributed by atoms with Gasteiger partial charge in [-0.3, -0.25) is 4.79 Å². The van der Waals surface area contributed by atoms with Crippen molar-refractivity contribution in [3.63, 3.8) is 0 Å². The van der Waals surface area contributed by atoms with Gasteiger partial charge in [0.05, 0.1) is 0 Å². The van der Waals surface area contributed by atoms with Crippen LogP contribution in [-0.4, -0.2) is 5.78 Å². The molecule has 1 nitrogen and oxygen atoms in total. The third kappa shape index (κ3) is 5.28. The Morgan fingerprint density at radius 3 is 2.22 bits per heavy atom. The van der Waals surface area contributed by atoms with Gasteiger partial charge in [-0.25, -0.2) is 4.39 Å². The summed E-state index contributed by atoms with van der Waals surface area (Å²) in [7, 11) is 0. The van der Waals surface area contributed by atoms with E-state index in [0.29, 0.717) is 5.56 Å². The number of hydrogen-bond donors (Lipinski definition) is 0. The Kier molecular flexibility index (Phi) is 7.07. The van der Waals surface area contributed by atoms with Crippen LogP contribution >= 0.6 is 11.3 Å². The smallest absolute Gasteiger partial charge is 0.186 e. The van der Waals surface area contributed by atoms with Crippen molar-refractivity contribution in [2.24, 2.45) is 0 Å². The third-order valence-corrected chi connectivity index (χ3v) is 7.54. The molecule has 4 aromatic rings. The summed E-state index contributed by atoms with van der Waals surface area (Å²) in [6.07, 6.45) is 11.8. The van der Waals surface area contributed by atoms with Crippen LogP contribution in [0.2, 0.25) is 0 Å². The summed E-state index contributed by atoms with van der Waals surface area (Å²) in [5.41, 5.74) is 6.75. The maximum Gasteiger partial charge on any atom is 0.186 e. The van der Waals surface area contributed by atoms with Gasteiger partial charge in [0.25, 0.3) is 0 Å². The Hall–Kier alpha value is -4.34. The predicted octanol–water partition coefficient (Wildman–Crippen LogP) is 7.50. The molecule has 0 amide bonds. The van der Waals surface area contributed by atoms with Gasteiger partial charge in [0.1, 0.15) is 5.82 Å². The Morgan fingerprint density at radius 1 is 0.838 bits per heavy atom. The molecule has 5 rings (SSSR count). The van der Waals surface area contributed by atoms with E-state index in [0.717, 1.165) is 48.0 Å². The predicted molar refractivity (Wildman–Crippen MR) is 154 cm³/mol. The highest BCUT2D eigenvalue weighted by Crippen LogP contribution is 2.27. The number of carbonyl (C=O) groups is 1. The lowest BCUT2D eigenvalue weighted by molar-refractivity contribution is 0.104. The fourth-order valence-electron chi connectivity index (χ4n) is 4.35. The summed E-state index contributed by atoms with van der Waals surface area (Å²) in [5.74, 6) is -0.250. The van der Waals surface area contributed by atoms with E-state index >= 15 is 0 Å². The SMILES string of the molecule is C=CC1=CC=CC=c2cc(-c3ccc(F)cc3)sc2=C1c1ccc(C(C)=CC(=O)c2ccccc2)cc1. The molecule has 0 fully saturated rings. The van der Waals surface area contributed by atoms with Gasteiger partial charge in [0.15, 0.2) is 5.78 Å². The third-order valence-electron chi connectivity index (χ3n) is 6.32. The monoisotopic (exact) mass is 500 g/mol. The van der Waals surface area contributed by atoms with Gasteiger partial charge in [-0.15, -0.1) is 11.3 Å². The number of rotatable bonds is 6. The molecule has 0 atom stereocenters. The molecule has 3 heteroatoms. The van der Waals surface area contributed by atoms with Crippen LogP contribution in [0.4, 0.5) is 4.39 Å². The normalized spacial score (nSPS) is 13.2. The van der Waals surface area contributed by atoms with Crippen molar-refractivity contribution >= 4 is 34.3 Å². The first-order valence-electron chi connectivity index (χ1n) is 12.0. The second-order valence-electron chi connectivity index (χ2n) is 8.79. The molecule has 0 saturated carbocycles. The first-order chi connectivity index (χ1) is 18.0. The maximum absolute atomic E-state index is 13.5. The fourth-order valence-corrected chi connectivity index (χ4v) is 5.59. The van der Waals surface area contributed by atoms with Gasteiger partial charge >= 0.3 is 0 Å². The topological polar surface area (TPSA) is 17.1 Å². The number of fused-ring (bicyclic) bond motifs is 1. The molecule has 0 unspecified atom stereocenters. The lowest BCUT2D eigenvalue weighted by Crippen LogP contribution is -2.22. The minimum atomic E-state index is -0.243. The summed E-state index contributed by atoms with van der Waals surface area (Å²) in [6, 6.07) is 26.4. The minimum absolute atomic E-state index is 0.00711. The van der Waals surface area contributed by atoms with Crippen molar-refractivity contribution in [3.8, 4) is 10.4 Å². The zero-order valence-electron chi connectivity index (χ0n) is 20.4. The van der Waals surface area contributed by atoms with E-state index < -0.39 is 0 Å². The van der Waals surface area contributed by atoms with Crippen LogP contribution in [-0.2, 0) is 0 Å². The minimum Gasteiger partial charge on any atom is -0.289 e. The Labute approximate surface area is 220 Å². The summed E-state index contributed by atoms with van der Waals surface area (Å²) in [4.78, 5) is 13.7. The van der Waals surface area contributed by atoms with E-state index in [1.807, 2.05) is 67.6 Å². The summed E-state index contributed by atoms with van der Waals surface area (Å²) < 4.78 is 14.6. The van der Waals surface area contributed by atoms with Crippen LogP contribution < -0.4 is 9.75 Å². The van der Waals surface area contributed by atoms with Gasteiger partial charge < -0.3 is 0 Å². The van der Waals surface area contributed by atoms with Gasteiger partial charge in [0.2, 0.25) is 0 Å². The highest BCUT2D eigenvalue weighted by Gasteiger charge is 2.13.